The van der Waals surface area contributed by atoms with E-state index in [1.54, 1.807) is 0 Å². The average molecular weight is 826 g/mol. The lowest BCUT2D eigenvalue weighted by atomic mass is 9.92. The molecule has 3 heterocycles. The molecule has 0 unspecified atom stereocenters. The number of thiophene rings is 2. The fraction of sp³-hybridized carbons (Fsp3) is 0. The Labute approximate surface area is 366 Å². The number of hydrogen-bond acceptors (Lipinski definition) is 5. The molecule has 0 aliphatic rings. The minimum atomic E-state index is 0.641. The van der Waals surface area contributed by atoms with Gasteiger partial charge in [0.2, 0.25) is 0 Å². The Kier molecular flexibility index (Phi) is 8.87. The molecule has 0 saturated heterocycles. The second-order valence-corrected chi connectivity index (χ2v) is 17.7. The summed E-state index contributed by atoms with van der Waals surface area (Å²) < 4.78 is 4.99. The van der Waals surface area contributed by atoms with E-state index < -0.39 is 0 Å². The van der Waals surface area contributed by atoms with Crippen molar-refractivity contribution in [2.75, 3.05) is 0 Å². The zero-order valence-electron chi connectivity index (χ0n) is 33.4. The minimum Gasteiger partial charge on any atom is -0.208 e. The molecule has 0 aliphatic heterocycles. The number of fused-ring (bicyclic) bond motifs is 6. The van der Waals surface area contributed by atoms with Gasteiger partial charge < -0.3 is 0 Å². The lowest BCUT2D eigenvalue weighted by Crippen LogP contribution is -2.00. The molecule has 290 valence electrons. The van der Waals surface area contributed by atoms with Crippen molar-refractivity contribution in [3.8, 4) is 78.7 Å². The van der Waals surface area contributed by atoms with Gasteiger partial charge in [-0.2, -0.15) is 0 Å². The first-order valence-corrected chi connectivity index (χ1v) is 22.4. The molecule has 12 aromatic rings. The smallest absolute Gasteiger partial charge is 0.164 e. The molecular weight excluding hydrogens is 791 g/mol. The molecule has 3 nitrogen and oxygen atoms in total. The molecule has 0 fully saturated rings. The summed E-state index contributed by atoms with van der Waals surface area (Å²) >= 11 is 3.65. The van der Waals surface area contributed by atoms with Crippen molar-refractivity contribution < 1.29 is 0 Å². The Morgan fingerprint density at radius 3 is 1.44 bits per heavy atom. The standard InChI is InChI=1S/C57H35N3S2/c1-3-15-36(16-4-1)38-19-11-20-39(33-38)43-23-7-8-24-44(43)41-31-32-50-48(35-41)54-47(27-14-30-52(54)62-50)57-59-55(37-17-5-2-6-18-37)58-56(60-57)42-22-12-21-40(34-42)45-26-13-29-51-53(45)46-25-9-10-28-49(46)61-51/h1-35H. The van der Waals surface area contributed by atoms with Crippen molar-refractivity contribution in [2.45, 2.75) is 0 Å². The number of aromatic nitrogens is 3. The van der Waals surface area contributed by atoms with Crippen molar-refractivity contribution in [3.05, 3.63) is 212 Å². The molecule has 0 bridgehead atoms. The van der Waals surface area contributed by atoms with Gasteiger partial charge in [-0.1, -0.05) is 170 Å². The molecule has 0 spiro atoms. The molecular formula is C57H35N3S2. The Hall–Kier alpha value is -7.57. The SMILES string of the molecule is c1ccc(-c2cccc(-c3ccccc3-c3ccc4sc5cccc(-c6nc(-c7ccccc7)nc(-c7cccc(-c8cccc9sc%10ccccc%10c89)c7)n6)c5c4c3)c2)cc1. The molecule has 9 aromatic carbocycles. The number of rotatable bonds is 7. The first-order valence-electron chi connectivity index (χ1n) is 20.8. The molecule has 0 atom stereocenters. The van der Waals surface area contributed by atoms with Gasteiger partial charge in [0, 0.05) is 57.0 Å². The van der Waals surface area contributed by atoms with Crippen molar-refractivity contribution in [2.24, 2.45) is 0 Å². The molecule has 0 N–H and O–H groups in total. The third kappa shape index (κ3) is 6.38. The van der Waals surface area contributed by atoms with Gasteiger partial charge >= 0.3 is 0 Å². The van der Waals surface area contributed by atoms with Gasteiger partial charge in [0.15, 0.2) is 17.5 Å². The molecule has 0 saturated carbocycles. The largest absolute Gasteiger partial charge is 0.208 e. The summed E-state index contributed by atoms with van der Waals surface area (Å²) in [5, 5.41) is 4.90. The van der Waals surface area contributed by atoms with E-state index in [0.717, 1.165) is 27.6 Å². The van der Waals surface area contributed by atoms with E-state index in [0.29, 0.717) is 17.5 Å². The number of nitrogens with zero attached hydrogens (tertiary/aromatic N) is 3. The number of hydrogen-bond donors (Lipinski definition) is 0. The van der Waals surface area contributed by atoms with Crippen molar-refractivity contribution >= 4 is 63.0 Å². The van der Waals surface area contributed by atoms with Crippen LogP contribution < -0.4 is 0 Å². The Morgan fingerprint density at radius 1 is 0.242 bits per heavy atom. The van der Waals surface area contributed by atoms with Crippen LogP contribution in [0.3, 0.4) is 0 Å². The third-order valence-electron chi connectivity index (χ3n) is 11.8. The molecule has 0 aliphatic carbocycles. The summed E-state index contributed by atoms with van der Waals surface area (Å²) in [6.07, 6.45) is 0. The van der Waals surface area contributed by atoms with Crippen LogP contribution in [-0.4, -0.2) is 15.0 Å². The first kappa shape index (κ1) is 36.3. The predicted molar refractivity (Wildman–Crippen MR) is 264 cm³/mol. The molecule has 3 aromatic heterocycles. The monoisotopic (exact) mass is 825 g/mol. The summed E-state index contributed by atoms with van der Waals surface area (Å²) in [7, 11) is 0. The zero-order valence-corrected chi connectivity index (χ0v) is 35.0. The van der Waals surface area contributed by atoms with Crippen LogP contribution in [0.5, 0.6) is 0 Å². The quantitative estimate of drug-likeness (QED) is 0.161. The minimum absolute atomic E-state index is 0.641. The maximum absolute atomic E-state index is 5.33. The van der Waals surface area contributed by atoms with Crippen LogP contribution in [0.25, 0.3) is 119 Å². The fourth-order valence-corrected chi connectivity index (χ4v) is 11.1. The summed E-state index contributed by atoms with van der Waals surface area (Å²) in [6.45, 7) is 0. The van der Waals surface area contributed by atoms with Gasteiger partial charge in [-0.15, -0.1) is 22.7 Å². The van der Waals surface area contributed by atoms with Gasteiger partial charge in [0.05, 0.1) is 0 Å². The van der Waals surface area contributed by atoms with Crippen molar-refractivity contribution in [1.29, 1.82) is 0 Å². The lowest BCUT2D eigenvalue weighted by molar-refractivity contribution is 1.08. The molecule has 0 radical (unpaired) electrons. The first-order chi connectivity index (χ1) is 30.7. The normalized spacial score (nSPS) is 11.5. The second kappa shape index (κ2) is 15.2. The predicted octanol–water partition coefficient (Wildman–Crippen LogP) is 16.3. The van der Waals surface area contributed by atoms with Gasteiger partial charge in [0.25, 0.3) is 0 Å². The average Bonchev–Trinajstić information content (AvgIpc) is 3.93. The Morgan fingerprint density at radius 2 is 0.694 bits per heavy atom. The zero-order chi connectivity index (χ0) is 41.0. The van der Waals surface area contributed by atoms with E-state index in [2.05, 4.69) is 194 Å². The summed E-state index contributed by atoms with van der Waals surface area (Å²) in [5.41, 5.74) is 12.4. The second-order valence-electron chi connectivity index (χ2n) is 15.5. The van der Waals surface area contributed by atoms with Crippen LogP contribution >= 0.6 is 22.7 Å². The van der Waals surface area contributed by atoms with Gasteiger partial charge in [-0.25, -0.2) is 15.0 Å². The Balaban J connectivity index is 1.01. The van der Waals surface area contributed by atoms with E-state index in [4.69, 9.17) is 15.0 Å². The highest BCUT2D eigenvalue weighted by Gasteiger charge is 2.19. The van der Waals surface area contributed by atoms with Crippen molar-refractivity contribution in [1.82, 2.24) is 15.0 Å². The summed E-state index contributed by atoms with van der Waals surface area (Å²) in [4.78, 5) is 15.7. The molecule has 5 heteroatoms. The van der Waals surface area contributed by atoms with Crippen LogP contribution in [0.1, 0.15) is 0 Å². The van der Waals surface area contributed by atoms with Gasteiger partial charge in [-0.3, -0.25) is 0 Å². The van der Waals surface area contributed by atoms with E-state index >= 15 is 0 Å². The summed E-state index contributed by atoms with van der Waals surface area (Å²) in [5.74, 6) is 1.94. The molecule has 62 heavy (non-hydrogen) atoms. The highest BCUT2D eigenvalue weighted by atomic mass is 32.1. The van der Waals surface area contributed by atoms with Crippen LogP contribution in [0.15, 0.2) is 212 Å². The van der Waals surface area contributed by atoms with Gasteiger partial charge in [-0.05, 0) is 87.0 Å². The molecule has 0 amide bonds. The summed E-state index contributed by atoms with van der Waals surface area (Å²) in [6, 6.07) is 75.8. The van der Waals surface area contributed by atoms with E-state index in [-0.39, 0.29) is 0 Å². The lowest BCUT2D eigenvalue weighted by Gasteiger charge is -2.13. The van der Waals surface area contributed by atoms with E-state index in [1.165, 1.54) is 73.9 Å². The topological polar surface area (TPSA) is 38.7 Å². The van der Waals surface area contributed by atoms with Crippen LogP contribution in [0.2, 0.25) is 0 Å². The van der Waals surface area contributed by atoms with Gasteiger partial charge in [0.1, 0.15) is 0 Å². The maximum atomic E-state index is 5.33. The van der Waals surface area contributed by atoms with E-state index in [9.17, 15) is 0 Å². The maximum Gasteiger partial charge on any atom is 0.164 e. The number of benzene rings is 9. The van der Waals surface area contributed by atoms with Crippen LogP contribution in [-0.2, 0) is 0 Å². The fourth-order valence-electron chi connectivity index (χ4n) is 8.85. The third-order valence-corrected chi connectivity index (χ3v) is 14.0. The van der Waals surface area contributed by atoms with Crippen molar-refractivity contribution in [3.63, 3.8) is 0 Å². The Bertz CT molecular complexity index is 3640. The highest BCUT2D eigenvalue weighted by Crippen LogP contribution is 2.44. The highest BCUT2D eigenvalue weighted by molar-refractivity contribution is 7.26. The van der Waals surface area contributed by atoms with Crippen LogP contribution in [0, 0.1) is 0 Å². The van der Waals surface area contributed by atoms with Crippen LogP contribution in [0.4, 0.5) is 0 Å². The molecule has 12 rings (SSSR count). The van der Waals surface area contributed by atoms with E-state index in [1.807, 2.05) is 40.9 Å².